The Hall–Kier alpha value is -0.0900. The summed E-state index contributed by atoms with van der Waals surface area (Å²) in [6, 6.07) is 0. The van der Waals surface area contributed by atoms with Crippen LogP contribution in [0.5, 0.6) is 0 Å². The van der Waals surface area contributed by atoms with Crippen molar-refractivity contribution in [2.75, 3.05) is 13.2 Å². The topological polar surface area (TPSA) is 179 Å². The number of hydrogen-bond acceptors (Lipinski definition) is 12. The molecule has 0 radical (unpaired) electrons. The van der Waals surface area contributed by atoms with E-state index in [9.17, 15) is 35.7 Å². The van der Waals surface area contributed by atoms with Crippen LogP contribution in [-0.4, -0.2) is 110 Å². The zero-order chi connectivity index (χ0) is 18.0. The quantitative estimate of drug-likeness (QED) is 0.172. The van der Waals surface area contributed by atoms with Gasteiger partial charge in [-0.25, -0.2) is 0 Å². The minimum absolute atomic E-state index is 0.615. The molecule has 2 aliphatic heterocycles. The zero-order valence-corrected chi connectivity index (χ0v) is 13.3. The molecule has 142 valence electrons. The Morgan fingerprint density at radius 3 is 1.92 bits per heavy atom. The molecular weight excluding hydrogens is 352 g/mol. The molecule has 0 aromatic heterocycles. The molecule has 2 fully saturated rings. The molecule has 11 nitrogen and oxygen atoms in total. The van der Waals surface area contributed by atoms with E-state index in [0.29, 0.717) is 0 Å². The van der Waals surface area contributed by atoms with Crippen LogP contribution in [-0.2, 0) is 18.4 Å². The standard InChI is InChI=1S/C12H22O11S/c13-1-3-5(15)10(23-24)8(18)12(21-3)22-9-4(2-14)20-11(19)7(17)6(9)16/h3-19,24H,1-2H2/t3-,4-,5+,6-,7-,8-,9-,10+,11-,12+/m1/s1. The maximum atomic E-state index is 10.1. The van der Waals surface area contributed by atoms with Crippen molar-refractivity contribution in [2.24, 2.45) is 0 Å². The molecule has 24 heavy (non-hydrogen) atoms. The lowest BCUT2D eigenvalue weighted by atomic mass is 9.97. The van der Waals surface area contributed by atoms with Crippen LogP contribution in [0.1, 0.15) is 0 Å². The summed E-state index contributed by atoms with van der Waals surface area (Å²) >= 11 is 3.55. The summed E-state index contributed by atoms with van der Waals surface area (Å²) in [6.07, 6.45) is -14.6. The van der Waals surface area contributed by atoms with E-state index in [-0.39, 0.29) is 0 Å². The first-order valence-electron chi connectivity index (χ1n) is 7.24. The normalized spacial score (nSPS) is 50.0. The summed E-state index contributed by atoms with van der Waals surface area (Å²) in [6.45, 7) is -1.28. The fourth-order valence-corrected chi connectivity index (χ4v) is 2.93. The van der Waals surface area contributed by atoms with Gasteiger partial charge in [0.2, 0.25) is 0 Å². The highest BCUT2D eigenvalue weighted by molar-refractivity contribution is 7.75. The molecule has 0 spiro atoms. The summed E-state index contributed by atoms with van der Waals surface area (Å²) in [7, 11) is 0. The lowest BCUT2D eigenvalue weighted by Gasteiger charge is -2.45. The van der Waals surface area contributed by atoms with E-state index in [0.717, 1.165) is 0 Å². The molecule has 0 aromatic carbocycles. The first-order chi connectivity index (χ1) is 11.3. The maximum absolute atomic E-state index is 10.1. The number of thiol groups is 1. The van der Waals surface area contributed by atoms with Gasteiger partial charge < -0.3 is 54.1 Å². The SMILES string of the molecule is OC[C@H]1O[C@@H](O[C@H]2[C@H](O)[C@@H](O)[C@H](O)O[C@@H]2CO)[C@H](O)[C@@H](OS)[C@H]1O. The van der Waals surface area contributed by atoms with Gasteiger partial charge in [0.15, 0.2) is 12.6 Å². The van der Waals surface area contributed by atoms with Crippen LogP contribution >= 0.6 is 12.9 Å². The van der Waals surface area contributed by atoms with Crippen LogP contribution in [0.4, 0.5) is 0 Å². The Morgan fingerprint density at radius 2 is 1.38 bits per heavy atom. The van der Waals surface area contributed by atoms with Crippen LogP contribution in [0.2, 0.25) is 0 Å². The van der Waals surface area contributed by atoms with Gasteiger partial charge in [0.05, 0.1) is 13.2 Å². The Balaban J connectivity index is 2.14. The van der Waals surface area contributed by atoms with Crippen LogP contribution in [0.25, 0.3) is 0 Å². The molecule has 0 aromatic rings. The molecule has 0 aliphatic carbocycles. The third-order valence-corrected chi connectivity index (χ3v) is 4.32. The van der Waals surface area contributed by atoms with Gasteiger partial charge in [-0.2, -0.15) is 0 Å². The first kappa shape index (κ1) is 20.2. The maximum Gasteiger partial charge on any atom is 0.187 e. The van der Waals surface area contributed by atoms with E-state index in [1.54, 1.807) is 0 Å². The molecule has 2 aliphatic rings. The van der Waals surface area contributed by atoms with E-state index in [2.05, 4.69) is 17.1 Å². The zero-order valence-electron chi connectivity index (χ0n) is 12.4. The number of hydrogen-bond donors (Lipinski definition) is 8. The average Bonchev–Trinajstić information content (AvgIpc) is 2.57. The monoisotopic (exact) mass is 374 g/mol. The largest absolute Gasteiger partial charge is 0.394 e. The minimum Gasteiger partial charge on any atom is -0.394 e. The minimum atomic E-state index is -1.73. The number of rotatable bonds is 5. The molecule has 0 amide bonds. The third-order valence-electron chi connectivity index (χ3n) is 4.07. The van der Waals surface area contributed by atoms with Crippen LogP contribution in [0.3, 0.4) is 0 Å². The Labute approximate surface area is 142 Å². The molecule has 10 atom stereocenters. The highest BCUT2D eigenvalue weighted by Gasteiger charge is 2.50. The molecule has 0 saturated carbocycles. The predicted molar refractivity (Wildman–Crippen MR) is 76.5 cm³/mol. The van der Waals surface area contributed by atoms with E-state index in [1.165, 1.54) is 0 Å². The van der Waals surface area contributed by atoms with Crippen molar-refractivity contribution in [1.29, 1.82) is 0 Å². The van der Waals surface area contributed by atoms with Crippen molar-refractivity contribution in [2.45, 2.75) is 61.4 Å². The molecule has 12 heteroatoms. The van der Waals surface area contributed by atoms with Gasteiger partial charge in [0.1, 0.15) is 48.8 Å². The second-order valence-electron chi connectivity index (χ2n) is 5.61. The summed E-state index contributed by atoms with van der Waals surface area (Å²) < 4.78 is 20.2. The second-order valence-corrected chi connectivity index (χ2v) is 5.82. The number of aliphatic hydroxyl groups is 7. The average molecular weight is 374 g/mol. The summed E-state index contributed by atoms with van der Waals surface area (Å²) in [4.78, 5) is 0. The van der Waals surface area contributed by atoms with Crippen molar-refractivity contribution >= 4 is 12.9 Å². The molecule has 0 bridgehead atoms. The van der Waals surface area contributed by atoms with E-state index in [4.69, 9.17) is 14.2 Å². The van der Waals surface area contributed by atoms with E-state index < -0.39 is 74.6 Å². The first-order valence-corrected chi connectivity index (χ1v) is 7.60. The van der Waals surface area contributed by atoms with Gasteiger partial charge in [0.25, 0.3) is 0 Å². The molecule has 2 heterocycles. The highest BCUT2D eigenvalue weighted by Crippen LogP contribution is 2.29. The van der Waals surface area contributed by atoms with Gasteiger partial charge in [-0.15, -0.1) is 0 Å². The predicted octanol–water partition coefficient (Wildman–Crippen LogP) is -4.53. The van der Waals surface area contributed by atoms with Crippen LogP contribution in [0, 0.1) is 0 Å². The Kier molecular flexibility index (Phi) is 7.19. The lowest BCUT2D eigenvalue weighted by Crippen LogP contribution is -2.64. The van der Waals surface area contributed by atoms with Gasteiger partial charge in [-0.05, 0) is 12.9 Å². The molecular formula is C12H22O11S. The van der Waals surface area contributed by atoms with Crippen LogP contribution in [0.15, 0.2) is 0 Å². The highest BCUT2D eigenvalue weighted by atomic mass is 32.1. The van der Waals surface area contributed by atoms with Crippen molar-refractivity contribution in [1.82, 2.24) is 0 Å². The molecule has 7 N–H and O–H groups in total. The third kappa shape index (κ3) is 3.85. The summed E-state index contributed by atoms with van der Waals surface area (Å²) in [5.74, 6) is 0. The van der Waals surface area contributed by atoms with Gasteiger partial charge >= 0.3 is 0 Å². The fourth-order valence-electron chi connectivity index (χ4n) is 2.68. The number of aliphatic hydroxyl groups excluding tert-OH is 7. The molecule has 2 rings (SSSR count). The smallest absolute Gasteiger partial charge is 0.187 e. The van der Waals surface area contributed by atoms with Gasteiger partial charge in [0, 0.05) is 0 Å². The van der Waals surface area contributed by atoms with Crippen molar-refractivity contribution in [3.63, 3.8) is 0 Å². The number of ether oxygens (including phenoxy) is 3. The lowest BCUT2D eigenvalue weighted by molar-refractivity contribution is -0.353. The van der Waals surface area contributed by atoms with E-state index >= 15 is 0 Å². The summed E-state index contributed by atoms with van der Waals surface area (Å²) in [5, 5.41) is 67.7. The van der Waals surface area contributed by atoms with Gasteiger partial charge in [-0.1, -0.05) is 0 Å². The molecule has 0 unspecified atom stereocenters. The van der Waals surface area contributed by atoms with Gasteiger partial charge in [-0.3, -0.25) is 0 Å². The summed E-state index contributed by atoms with van der Waals surface area (Å²) in [5.41, 5.74) is 0. The Morgan fingerprint density at radius 1 is 0.750 bits per heavy atom. The molecule has 2 saturated heterocycles. The van der Waals surface area contributed by atoms with E-state index in [1.807, 2.05) is 0 Å². The second kappa shape index (κ2) is 8.53. The van der Waals surface area contributed by atoms with Crippen LogP contribution < -0.4 is 0 Å². The van der Waals surface area contributed by atoms with Crippen molar-refractivity contribution < 1.29 is 54.1 Å². The van der Waals surface area contributed by atoms with Crippen molar-refractivity contribution in [3.8, 4) is 0 Å². The Bertz CT molecular complexity index is 399. The fraction of sp³-hybridized carbons (Fsp3) is 1.00. The van der Waals surface area contributed by atoms with Crippen molar-refractivity contribution in [3.05, 3.63) is 0 Å².